The minimum absolute atomic E-state index is 0.0422. The number of fused-ring (bicyclic) bond motifs is 6. The number of piperidine rings is 1. The molecule has 250 valence electrons. The number of likely N-dealkylation sites (N-methyl/N-ethyl adjacent to an activating group) is 1. The second kappa shape index (κ2) is 14.0. The molecule has 1 fully saturated rings. The summed E-state index contributed by atoms with van der Waals surface area (Å²) in [5.74, 6) is 3.53. The van der Waals surface area contributed by atoms with E-state index < -0.39 is 0 Å². The standard InChI is InChI=1S/C35H45N7O5/c1-6-40-14-15-41(35(44)24-9-10-27-29(17-24)38-22(2)37-27)13-11-31(43)36-19-23-8-7-12-42(20-23)34-25(21-40)16-26-28(39-34)18-30(45-3)33(47-5)32(26)46-4/h9-10,16-18,23H,6-8,11-15,19-21H2,1-5H3,(H,36,43)(H,37,38). The number of ether oxygens (including phenoxy) is 3. The van der Waals surface area contributed by atoms with Crippen molar-refractivity contribution in [3.63, 3.8) is 0 Å². The molecule has 0 saturated carbocycles. The quantitative estimate of drug-likeness (QED) is 0.330. The fraction of sp³-hybridized carbons (Fsp3) is 0.486. The van der Waals surface area contributed by atoms with Gasteiger partial charge in [-0.15, -0.1) is 0 Å². The maximum Gasteiger partial charge on any atom is 0.253 e. The van der Waals surface area contributed by atoms with Crippen molar-refractivity contribution < 1.29 is 23.8 Å². The average molecular weight is 644 g/mol. The number of benzene rings is 2. The van der Waals surface area contributed by atoms with Gasteiger partial charge in [0.05, 0.1) is 37.9 Å². The normalized spacial score (nSPS) is 18.3. The van der Waals surface area contributed by atoms with Crippen molar-refractivity contribution in [3.05, 3.63) is 47.3 Å². The van der Waals surface area contributed by atoms with Crippen LogP contribution < -0.4 is 24.4 Å². The van der Waals surface area contributed by atoms with E-state index >= 15 is 0 Å². The van der Waals surface area contributed by atoms with Crippen LogP contribution in [0.25, 0.3) is 21.9 Å². The van der Waals surface area contributed by atoms with Crippen molar-refractivity contribution in [1.82, 2.24) is 30.1 Å². The largest absolute Gasteiger partial charge is 0.493 e. The molecule has 47 heavy (non-hydrogen) atoms. The molecule has 2 aromatic carbocycles. The molecule has 4 aromatic rings. The van der Waals surface area contributed by atoms with Gasteiger partial charge < -0.3 is 34.3 Å². The van der Waals surface area contributed by atoms with E-state index in [0.29, 0.717) is 55.5 Å². The van der Waals surface area contributed by atoms with Crippen molar-refractivity contribution in [2.75, 3.05) is 72.0 Å². The van der Waals surface area contributed by atoms with Crippen LogP contribution in [-0.2, 0) is 11.3 Å². The number of nitrogens with zero attached hydrogens (tertiary/aromatic N) is 5. The van der Waals surface area contributed by atoms with Gasteiger partial charge in [-0.25, -0.2) is 9.97 Å². The zero-order valence-electron chi connectivity index (χ0n) is 28.0. The molecule has 2 aliphatic heterocycles. The summed E-state index contributed by atoms with van der Waals surface area (Å²) in [6, 6.07) is 9.59. The highest BCUT2D eigenvalue weighted by atomic mass is 16.5. The molecular formula is C35H45N7O5. The Morgan fingerprint density at radius 2 is 1.81 bits per heavy atom. The number of nitrogens with one attached hydrogen (secondary N) is 2. The van der Waals surface area contributed by atoms with Gasteiger partial charge in [-0.3, -0.25) is 14.5 Å². The first-order chi connectivity index (χ1) is 22.8. The lowest BCUT2D eigenvalue weighted by Crippen LogP contribution is -2.42. The molecule has 0 spiro atoms. The third kappa shape index (κ3) is 6.78. The van der Waals surface area contributed by atoms with Crippen LogP contribution in [0.15, 0.2) is 30.3 Å². The van der Waals surface area contributed by atoms with E-state index in [4.69, 9.17) is 19.2 Å². The molecule has 12 heteroatoms. The number of H-pyrrole nitrogens is 1. The number of amides is 2. The molecule has 1 saturated heterocycles. The number of rotatable bonds is 5. The van der Waals surface area contributed by atoms with Gasteiger partial charge in [0.15, 0.2) is 11.5 Å². The smallest absolute Gasteiger partial charge is 0.253 e. The third-order valence-electron chi connectivity index (χ3n) is 9.36. The number of aromatic amines is 1. The fourth-order valence-corrected chi connectivity index (χ4v) is 6.84. The summed E-state index contributed by atoms with van der Waals surface area (Å²) >= 11 is 0. The van der Waals surface area contributed by atoms with E-state index in [1.54, 1.807) is 26.2 Å². The van der Waals surface area contributed by atoms with Gasteiger partial charge in [-0.2, -0.15) is 0 Å². The fourth-order valence-electron chi connectivity index (χ4n) is 6.84. The van der Waals surface area contributed by atoms with E-state index in [2.05, 4.69) is 38.1 Å². The van der Waals surface area contributed by atoms with Crippen LogP contribution in [0, 0.1) is 12.8 Å². The Morgan fingerprint density at radius 3 is 2.57 bits per heavy atom. The number of pyridine rings is 1. The van der Waals surface area contributed by atoms with Crippen LogP contribution in [-0.4, -0.2) is 104 Å². The van der Waals surface area contributed by atoms with E-state index in [1.165, 1.54) is 0 Å². The highest BCUT2D eigenvalue weighted by molar-refractivity contribution is 5.97. The molecule has 0 aliphatic carbocycles. The summed E-state index contributed by atoms with van der Waals surface area (Å²) in [6.45, 7) is 9.11. The lowest BCUT2D eigenvalue weighted by molar-refractivity contribution is -0.121. The molecule has 2 amide bonds. The first-order valence-electron chi connectivity index (χ1n) is 16.4. The Balaban J connectivity index is 1.37. The molecule has 1 unspecified atom stereocenters. The molecule has 2 aliphatic rings. The Kier molecular flexibility index (Phi) is 9.67. The maximum atomic E-state index is 13.9. The van der Waals surface area contributed by atoms with E-state index in [1.807, 2.05) is 31.2 Å². The Labute approximate surface area is 275 Å². The molecule has 1 atom stereocenters. The highest BCUT2D eigenvalue weighted by Gasteiger charge is 2.27. The second-order valence-electron chi connectivity index (χ2n) is 12.4. The summed E-state index contributed by atoms with van der Waals surface area (Å²) < 4.78 is 17.2. The van der Waals surface area contributed by atoms with Crippen molar-refractivity contribution in [2.45, 2.75) is 39.7 Å². The molecule has 4 heterocycles. The maximum absolute atomic E-state index is 13.9. The lowest BCUT2D eigenvalue weighted by atomic mass is 9.97. The van der Waals surface area contributed by atoms with Crippen LogP contribution in [0.4, 0.5) is 5.82 Å². The first-order valence-corrected chi connectivity index (χ1v) is 16.4. The molecule has 12 nitrogen and oxygen atoms in total. The highest BCUT2D eigenvalue weighted by Crippen LogP contribution is 2.44. The molecular weight excluding hydrogens is 598 g/mol. The minimum atomic E-state index is -0.104. The summed E-state index contributed by atoms with van der Waals surface area (Å²) in [4.78, 5) is 46.4. The van der Waals surface area contributed by atoms with Crippen LogP contribution in [0.1, 0.15) is 47.9 Å². The van der Waals surface area contributed by atoms with E-state index in [9.17, 15) is 9.59 Å². The molecule has 2 aromatic heterocycles. The van der Waals surface area contributed by atoms with Crippen LogP contribution in [0.3, 0.4) is 0 Å². The Bertz CT molecular complexity index is 1770. The van der Waals surface area contributed by atoms with Gasteiger partial charge in [0.1, 0.15) is 11.6 Å². The third-order valence-corrected chi connectivity index (χ3v) is 9.36. The number of aromatic nitrogens is 3. The van der Waals surface area contributed by atoms with Crippen LogP contribution >= 0.6 is 0 Å². The number of anilines is 1. The van der Waals surface area contributed by atoms with Crippen molar-refractivity contribution in [3.8, 4) is 17.2 Å². The zero-order valence-corrected chi connectivity index (χ0v) is 28.0. The monoisotopic (exact) mass is 643 g/mol. The van der Waals surface area contributed by atoms with Crippen molar-refractivity contribution in [2.24, 2.45) is 5.92 Å². The van der Waals surface area contributed by atoms with Crippen LogP contribution in [0.5, 0.6) is 17.2 Å². The van der Waals surface area contributed by atoms with Crippen molar-refractivity contribution in [1.29, 1.82) is 0 Å². The van der Waals surface area contributed by atoms with Gasteiger partial charge in [0.25, 0.3) is 5.91 Å². The van der Waals surface area contributed by atoms with E-state index in [0.717, 1.165) is 71.6 Å². The number of carbonyl (C=O) groups is 2. The second-order valence-corrected chi connectivity index (χ2v) is 12.4. The summed E-state index contributed by atoms with van der Waals surface area (Å²) in [7, 11) is 4.84. The Morgan fingerprint density at radius 1 is 0.979 bits per heavy atom. The summed E-state index contributed by atoms with van der Waals surface area (Å²) in [5.41, 5.74) is 4.04. The first kappa shape index (κ1) is 32.4. The summed E-state index contributed by atoms with van der Waals surface area (Å²) in [5, 5.41) is 4.00. The number of carbonyl (C=O) groups excluding carboxylic acids is 2. The molecule has 6 rings (SSSR count). The van der Waals surface area contributed by atoms with Crippen molar-refractivity contribution >= 4 is 39.6 Å². The number of hydrogen-bond donors (Lipinski definition) is 2. The van der Waals surface area contributed by atoms with Gasteiger partial charge >= 0.3 is 0 Å². The number of aryl methyl sites for hydroxylation is 1. The number of hydrogen-bond acceptors (Lipinski definition) is 9. The van der Waals surface area contributed by atoms with Gasteiger partial charge in [0, 0.05) is 74.8 Å². The molecule has 2 bridgehead atoms. The molecule has 0 radical (unpaired) electrons. The zero-order chi connectivity index (χ0) is 33.1. The SMILES string of the molecule is CCN1CCN(C(=O)c2ccc3nc(C)[nH]c3c2)CCC(=O)NCC2CCCN(C2)c2nc3cc(OC)c(OC)c(OC)c3cc2C1. The van der Waals surface area contributed by atoms with Gasteiger partial charge in [-0.05, 0) is 56.5 Å². The minimum Gasteiger partial charge on any atom is -0.493 e. The predicted octanol–water partition coefficient (Wildman–Crippen LogP) is 4.15. The lowest BCUT2D eigenvalue weighted by Gasteiger charge is -2.35. The predicted molar refractivity (Wildman–Crippen MR) is 182 cm³/mol. The van der Waals surface area contributed by atoms with Gasteiger partial charge in [0.2, 0.25) is 11.7 Å². The number of imidazole rings is 1. The number of methoxy groups -OCH3 is 3. The Hall–Kier alpha value is -4.58. The van der Waals surface area contributed by atoms with Gasteiger partial charge in [-0.1, -0.05) is 6.92 Å². The topological polar surface area (TPSA) is 125 Å². The molecule has 2 N–H and O–H groups in total. The average Bonchev–Trinajstić information content (AvgIpc) is 3.47. The van der Waals surface area contributed by atoms with Crippen LogP contribution in [0.2, 0.25) is 0 Å². The summed E-state index contributed by atoms with van der Waals surface area (Å²) in [6.07, 6.45) is 2.28. The van der Waals surface area contributed by atoms with E-state index in [-0.39, 0.29) is 24.2 Å².